The Labute approximate surface area is 117 Å². The van der Waals surface area contributed by atoms with E-state index in [2.05, 4.69) is 5.32 Å². The molecule has 1 aromatic rings. The van der Waals surface area contributed by atoms with E-state index in [1.54, 1.807) is 12.1 Å². The SMILES string of the molecule is C[C@H]1C[C@H]1C(=O)OCC(=O)NCc1ccc(Cl)cc1. The molecule has 0 spiro atoms. The highest BCUT2D eigenvalue weighted by Crippen LogP contribution is 2.38. The number of benzene rings is 1. The molecule has 1 fully saturated rings. The summed E-state index contributed by atoms with van der Waals surface area (Å²) in [5.41, 5.74) is 0.944. The first-order valence-corrected chi connectivity index (χ1v) is 6.62. The second kappa shape index (κ2) is 6.06. The van der Waals surface area contributed by atoms with Gasteiger partial charge in [-0.3, -0.25) is 9.59 Å². The first kappa shape index (κ1) is 13.9. The van der Waals surface area contributed by atoms with E-state index in [-0.39, 0.29) is 24.4 Å². The van der Waals surface area contributed by atoms with Crippen molar-refractivity contribution in [1.29, 1.82) is 0 Å². The van der Waals surface area contributed by atoms with Crippen molar-refractivity contribution in [1.82, 2.24) is 5.32 Å². The smallest absolute Gasteiger partial charge is 0.309 e. The van der Waals surface area contributed by atoms with Gasteiger partial charge in [-0.1, -0.05) is 30.7 Å². The van der Waals surface area contributed by atoms with Crippen molar-refractivity contribution < 1.29 is 14.3 Å². The number of nitrogens with one attached hydrogen (secondary N) is 1. The fourth-order valence-electron chi connectivity index (χ4n) is 1.75. The normalized spacial score (nSPS) is 20.7. The molecule has 5 heteroatoms. The van der Waals surface area contributed by atoms with Crippen molar-refractivity contribution in [2.45, 2.75) is 19.9 Å². The van der Waals surface area contributed by atoms with E-state index in [0.717, 1.165) is 12.0 Å². The van der Waals surface area contributed by atoms with Gasteiger partial charge in [-0.15, -0.1) is 0 Å². The Morgan fingerprint density at radius 3 is 2.58 bits per heavy atom. The number of halogens is 1. The highest BCUT2D eigenvalue weighted by atomic mass is 35.5. The van der Waals surface area contributed by atoms with Crippen molar-refractivity contribution in [3.63, 3.8) is 0 Å². The zero-order valence-electron chi connectivity index (χ0n) is 10.7. The van der Waals surface area contributed by atoms with Crippen LogP contribution >= 0.6 is 11.6 Å². The molecule has 0 heterocycles. The number of hydrogen-bond acceptors (Lipinski definition) is 3. The highest BCUT2D eigenvalue weighted by molar-refractivity contribution is 6.30. The van der Waals surface area contributed by atoms with Crippen molar-refractivity contribution >= 4 is 23.5 Å². The maximum atomic E-state index is 11.5. The average molecular weight is 282 g/mol. The molecule has 2 rings (SSSR count). The number of hydrogen-bond donors (Lipinski definition) is 1. The van der Waals surface area contributed by atoms with Gasteiger partial charge < -0.3 is 10.1 Å². The second-order valence-corrected chi connectivity index (χ2v) is 5.27. The number of amides is 1. The average Bonchev–Trinajstić information content (AvgIpc) is 3.12. The van der Waals surface area contributed by atoms with Gasteiger partial charge in [0.25, 0.3) is 5.91 Å². The maximum Gasteiger partial charge on any atom is 0.309 e. The molecule has 0 aliphatic heterocycles. The number of carbonyl (C=O) groups is 2. The number of rotatable bonds is 5. The lowest BCUT2D eigenvalue weighted by Gasteiger charge is -2.06. The van der Waals surface area contributed by atoms with Gasteiger partial charge in [-0.2, -0.15) is 0 Å². The third-order valence-electron chi connectivity index (χ3n) is 3.16. The number of ether oxygens (including phenoxy) is 1. The molecule has 1 aliphatic rings. The topological polar surface area (TPSA) is 55.4 Å². The Morgan fingerprint density at radius 1 is 1.37 bits per heavy atom. The van der Waals surface area contributed by atoms with Crippen LogP contribution in [0.25, 0.3) is 0 Å². The molecule has 0 aromatic heterocycles. The molecule has 0 unspecified atom stereocenters. The first-order chi connectivity index (χ1) is 9.06. The summed E-state index contributed by atoms with van der Waals surface area (Å²) in [5, 5.41) is 3.34. The van der Waals surface area contributed by atoms with Gasteiger partial charge in [0.15, 0.2) is 6.61 Å². The van der Waals surface area contributed by atoms with E-state index >= 15 is 0 Å². The van der Waals surface area contributed by atoms with E-state index in [1.165, 1.54) is 0 Å². The summed E-state index contributed by atoms with van der Waals surface area (Å²) in [7, 11) is 0. The molecule has 0 bridgehead atoms. The van der Waals surface area contributed by atoms with E-state index in [9.17, 15) is 9.59 Å². The lowest BCUT2D eigenvalue weighted by Crippen LogP contribution is -2.28. The van der Waals surface area contributed by atoms with Gasteiger partial charge in [-0.25, -0.2) is 0 Å². The predicted octanol–water partition coefficient (Wildman–Crippen LogP) is 2.16. The van der Waals surface area contributed by atoms with Crippen molar-refractivity contribution in [3.05, 3.63) is 34.9 Å². The Morgan fingerprint density at radius 2 is 2.00 bits per heavy atom. The molecule has 1 saturated carbocycles. The molecule has 1 aromatic carbocycles. The van der Waals surface area contributed by atoms with Crippen LogP contribution in [0.1, 0.15) is 18.9 Å². The van der Waals surface area contributed by atoms with Gasteiger partial charge >= 0.3 is 5.97 Å². The molecule has 1 aliphatic carbocycles. The van der Waals surface area contributed by atoms with Crippen LogP contribution in [0.15, 0.2) is 24.3 Å². The zero-order chi connectivity index (χ0) is 13.8. The molecular formula is C14H16ClNO3. The van der Waals surface area contributed by atoms with Crippen LogP contribution in [0.5, 0.6) is 0 Å². The molecule has 1 amide bonds. The Bertz CT molecular complexity index is 472. The van der Waals surface area contributed by atoms with Crippen molar-refractivity contribution in [3.8, 4) is 0 Å². The van der Waals surface area contributed by atoms with Crippen molar-refractivity contribution in [2.75, 3.05) is 6.61 Å². The predicted molar refractivity (Wildman–Crippen MR) is 71.5 cm³/mol. The molecule has 0 radical (unpaired) electrons. The van der Waals surface area contributed by atoms with E-state index in [4.69, 9.17) is 16.3 Å². The van der Waals surface area contributed by atoms with E-state index in [1.807, 2.05) is 19.1 Å². The van der Waals surface area contributed by atoms with Crippen LogP contribution in [-0.4, -0.2) is 18.5 Å². The molecule has 19 heavy (non-hydrogen) atoms. The van der Waals surface area contributed by atoms with Crippen LogP contribution in [0.4, 0.5) is 0 Å². The molecular weight excluding hydrogens is 266 g/mol. The molecule has 0 saturated heterocycles. The second-order valence-electron chi connectivity index (χ2n) is 4.83. The largest absolute Gasteiger partial charge is 0.455 e. The van der Waals surface area contributed by atoms with E-state index < -0.39 is 0 Å². The van der Waals surface area contributed by atoms with E-state index in [0.29, 0.717) is 17.5 Å². The summed E-state index contributed by atoms with van der Waals surface area (Å²) < 4.78 is 4.93. The Kier molecular flexibility index (Phi) is 4.43. The highest BCUT2D eigenvalue weighted by Gasteiger charge is 2.40. The summed E-state index contributed by atoms with van der Waals surface area (Å²) in [4.78, 5) is 22.9. The quantitative estimate of drug-likeness (QED) is 0.842. The Hall–Kier alpha value is -1.55. The fourth-order valence-corrected chi connectivity index (χ4v) is 1.87. The molecule has 2 atom stereocenters. The zero-order valence-corrected chi connectivity index (χ0v) is 11.4. The fraction of sp³-hybridized carbons (Fsp3) is 0.429. The minimum Gasteiger partial charge on any atom is -0.455 e. The first-order valence-electron chi connectivity index (χ1n) is 6.24. The van der Waals surface area contributed by atoms with Gasteiger partial charge in [0.05, 0.1) is 5.92 Å². The lowest BCUT2D eigenvalue weighted by molar-refractivity contribution is -0.150. The maximum absolute atomic E-state index is 11.5. The van der Waals surface area contributed by atoms with Crippen LogP contribution in [0, 0.1) is 11.8 Å². The van der Waals surface area contributed by atoms with Gasteiger partial charge in [-0.05, 0) is 30.0 Å². The van der Waals surface area contributed by atoms with Gasteiger partial charge in [0, 0.05) is 11.6 Å². The standard InChI is InChI=1S/C14H16ClNO3/c1-9-6-12(9)14(18)19-8-13(17)16-7-10-2-4-11(15)5-3-10/h2-5,9,12H,6-8H2,1H3,(H,16,17)/t9-,12+/m0/s1. The third-order valence-corrected chi connectivity index (χ3v) is 3.41. The number of esters is 1. The van der Waals surface area contributed by atoms with Crippen LogP contribution in [0.2, 0.25) is 5.02 Å². The van der Waals surface area contributed by atoms with Crippen LogP contribution in [0.3, 0.4) is 0 Å². The Balaban J connectivity index is 1.67. The summed E-state index contributed by atoms with van der Waals surface area (Å²) >= 11 is 5.76. The van der Waals surface area contributed by atoms with Crippen LogP contribution < -0.4 is 5.32 Å². The van der Waals surface area contributed by atoms with Crippen molar-refractivity contribution in [2.24, 2.45) is 11.8 Å². The molecule has 4 nitrogen and oxygen atoms in total. The molecule has 1 N–H and O–H groups in total. The molecule has 102 valence electrons. The third kappa shape index (κ3) is 4.24. The van der Waals surface area contributed by atoms with Gasteiger partial charge in [0.2, 0.25) is 0 Å². The minimum absolute atomic E-state index is 0.0101. The summed E-state index contributed by atoms with van der Waals surface area (Å²) in [6, 6.07) is 7.19. The lowest BCUT2D eigenvalue weighted by atomic mass is 10.2. The van der Waals surface area contributed by atoms with Crippen LogP contribution in [-0.2, 0) is 20.9 Å². The monoisotopic (exact) mass is 281 g/mol. The summed E-state index contributed by atoms with van der Waals surface area (Å²) in [6.45, 7) is 2.18. The summed E-state index contributed by atoms with van der Waals surface area (Å²) in [6.07, 6.45) is 0.866. The number of carbonyl (C=O) groups excluding carboxylic acids is 2. The summed E-state index contributed by atoms with van der Waals surface area (Å²) in [5.74, 6) is -0.181. The minimum atomic E-state index is -0.295. The van der Waals surface area contributed by atoms with Gasteiger partial charge in [0.1, 0.15) is 0 Å².